The molecule has 0 aliphatic rings. The summed E-state index contributed by atoms with van der Waals surface area (Å²) in [5, 5.41) is 12.1. The number of rotatable bonds is 7. The molecule has 1 amide bonds. The zero-order valence-electron chi connectivity index (χ0n) is 13.5. The Morgan fingerprint density at radius 2 is 1.84 bits per heavy atom. The molecule has 0 atom stereocenters. The van der Waals surface area contributed by atoms with Crippen LogP contribution >= 0.6 is 11.6 Å². The van der Waals surface area contributed by atoms with E-state index in [9.17, 15) is 9.59 Å². The van der Waals surface area contributed by atoms with Crippen LogP contribution in [-0.4, -0.2) is 37.8 Å². The number of carboxylic acid groups (broad SMARTS) is 1. The van der Waals surface area contributed by atoms with Gasteiger partial charge in [0.15, 0.2) is 6.61 Å². The second-order valence-corrected chi connectivity index (χ2v) is 5.26. The number of halogens is 1. The molecule has 7 nitrogen and oxygen atoms in total. The van der Waals surface area contributed by atoms with E-state index in [2.05, 4.69) is 5.32 Å². The van der Waals surface area contributed by atoms with Gasteiger partial charge in [-0.15, -0.1) is 0 Å². The smallest absolute Gasteiger partial charge is 0.339 e. The van der Waals surface area contributed by atoms with Crippen molar-refractivity contribution in [2.75, 3.05) is 26.1 Å². The van der Waals surface area contributed by atoms with Crippen LogP contribution < -0.4 is 19.5 Å². The molecule has 2 rings (SSSR count). The van der Waals surface area contributed by atoms with Gasteiger partial charge in [0.1, 0.15) is 22.8 Å². The molecule has 0 saturated heterocycles. The van der Waals surface area contributed by atoms with Crippen molar-refractivity contribution in [2.24, 2.45) is 0 Å². The SMILES string of the molecule is COc1ccc(C(=O)O)c(OCC(=O)Nc2ccc(OC)c(Cl)c2)c1. The number of methoxy groups -OCH3 is 2. The second-order valence-electron chi connectivity index (χ2n) is 4.85. The number of aromatic carboxylic acids is 1. The third-order valence-electron chi connectivity index (χ3n) is 3.21. The quantitative estimate of drug-likeness (QED) is 0.783. The standard InChI is InChI=1S/C17H16ClNO6/c1-23-11-4-5-12(17(21)22)15(8-11)25-9-16(20)19-10-3-6-14(24-2)13(18)7-10/h3-8H,9H2,1-2H3,(H,19,20)(H,21,22). The molecule has 0 unspecified atom stereocenters. The number of hydrogen-bond donors (Lipinski definition) is 2. The molecule has 2 aromatic carbocycles. The number of anilines is 1. The summed E-state index contributed by atoms with van der Waals surface area (Å²) in [6.45, 7) is -0.378. The second kappa shape index (κ2) is 8.25. The summed E-state index contributed by atoms with van der Waals surface area (Å²) in [5.41, 5.74) is 0.393. The molecule has 2 N–H and O–H groups in total. The zero-order chi connectivity index (χ0) is 18.4. The van der Waals surface area contributed by atoms with Crippen LogP contribution in [0.25, 0.3) is 0 Å². The van der Waals surface area contributed by atoms with Gasteiger partial charge in [-0.1, -0.05) is 11.6 Å². The Labute approximate surface area is 149 Å². The molecule has 8 heteroatoms. The van der Waals surface area contributed by atoms with Crippen molar-refractivity contribution in [3.63, 3.8) is 0 Å². The van der Waals surface area contributed by atoms with Gasteiger partial charge in [0.05, 0.1) is 19.2 Å². The maximum absolute atomic E-state index is 12.0. The Hall–Kier alpha value is -2.93. The van der Waals surface area contributed by atoms with Gasteiger partial charge >= 0.3 is 5.97 Å². The third-order valence-corrected chi connectivity index (χ3v) is 3.51. The van der Waals surface area contributed by atoms with Gasteiger partial charge in [0.2, 0.25) is 0 Å². The monoisotopic (exact) mass is 365 g/mol. The topological polar surface area (TPSA) is 94.1 Å². The number of benzene rings is 2. The average molecular weight is 366 g/mol. The summed E-state index contributed by atoms with van der Waals surface area (Å²) >= 11 is 5.99. The van der Waals surface area contributed by atoms with Gasteiger partial charge in [-0.2, -0.15) is 0 Å². The lowest BCUT2D eigenvalue weighted by Crippen LogP contribution is -2.21. The summed E-state index contributed by atoms with van der Waals surface area (Å²) in [6.07, 6.45) is 0. The Bertz CT molecular complexity index is 793. The van der Waals surface area contributed by atoms with Crippen molar-refractivity contribution >= 4 is 29.2 Å². The zero-order valence-corrected chi connectivity index (χ0v) is 14.3. The van der Waals surface area contributed by atoms with Crippen LogP contribution in [0.4, 0.5) is 5.69 Å². The van der Waals surface area contributed by atoms with E-state index in [1.54, 1.807) is 12.1 Å². The Balaban J connectivity index is 2.04. The molecule has 2 aromatic rings. The van der Waals surface area contributed by atoms with Crippen molar-refractivity contribution in [3.05, 3.63) is 47.0 Å². The Morgan fingerprint density at radius 1 is 1.08 bits per heavy atom. The van der Waals surface area contributed by atoms with Crippen LogP contribution in [0.3, 0.4) is 0 Å². The molecule has 132 valence electrons. The first-order valence-electron chi connectivity index (χ1n) is 7.12. The third kappa shape index (κ3) is 4.77. The van der Waals surface area contributed by atoms with E-state index in [1.165, 1.54) is 38.5 Å². The molecule has 25 heavy (non-hydrogen) atoms. The minimum absolute atomic E-state index is 0.0368. The maximum atomic E-state index is 12.0. The number of nitrogens with one attached hydrogen (secondary N) is 1. The van der Waals surface area contributed by atoms with Crippen molar-refractivity contribution in [2.45, 2.75) is 0 Å². The largest absolute Gasteiger partial charge is 0.497 e. The summed E-state index contributed by atoms with van der Waals surface area (Å²) < 4.78 is 15.4. The van der Waals surface area contributed by atoms with E-state index < -0.39 is 11.9 Å². The predicted molar refractivity (Wildman–Crippen MR) is 92.1 cm³/mol. The maximum Gasteiger partial charge on any atom is 0.339 e. The fourth-order valence-corrected chi connectivity index (χ4v) is 2.27. The average Bonchev–Trinajstić information content (AvgIpc) is 2.59. The molecule has 0 aliphatic heterocycles. The van der Waals surface area contributed by atoms with E-state index in [1.807, 2.05) is 0 Å². The van der Waals surface area contributed by atoms with Gasteiger partial charge in [-0.25, -0.2) is 4.79 Å². The summed E-state index contributed by atoms with van der Waals surface area (Å²) in [6, 6.07) is 9.01. The van der Waals surface area contributed by atoms with E-state index in [0.29, 0.717) is 22.2 Å². The van der Waals surface area contributed by atoms with Gasteiger partial charge in [0.25, 0.3) is 5.91 Å². The van der Waals surface area contributed by atoms with E-state index in [0.717, 1.165) is 0 Å². The van der Waals surface area contributed by atoms with E-state index >= 15 is 0 Å². The summed E-state index contributed by atoms with van der Waals surface area (Å²) in [4.78, 5) is 23.2. The minimum atomic E-state index is -1.17. The van der Waals surface area contributed by atoms with Crippen LogP contribution in [-0.2, 0) is 4.79 Å². The van der Waals surface area contributed by atoms with Crippen LogP contribution in [0.2, 0.25) is 5.02 Å². The number of carbonyl (C=O) groups is 2. The van der Waals surface area contributed by atoms with Crippen molar-refractivity contribution < 1.29 is 28.9 Å². The molecule has 0 radical (unpaired) electrons. The lowest BCUT2D eigenvalue weighted by atomic mass is 10.2. The highest BCUT2D eigenvalue weighted by Crippen LogP contribution is 2.27. The molecule has 0 saturated carbocycles. The minimum Gasteiger partial charge on any atom is -0.497 e. The highest BCUT2D eigenvalue weighted by Gasteiger charge is 2.14. The number of carbonyl (C=O) groups excluding carboxylic acids is 1. The molecular formula is C17H16ClNO6. The summed E-state index contributed by atoms with van der Waals surface area (Å²) in [7, 11) is 2.93. The van der Waals surface area contributed by atoms with Crippen molar-refractivity contribution in [1.29, 1.82) is 0 Å². The van der Waals surface area contributed by atoms with Crippen molar-refractivity contribution in [3.8, 4) is 17.2 Å². The van der Waals surface area contributed by atoms with Gasteiger partial charge < -0.3 is 24.6 Å². The summed E-state index contributed by atoms with van der Waals surface area (Å²) in [5.74, 6) is -0.698. The highest BCUT2D eigenvalue weighted by atomic mass is 35.5. The van der Waals surface area contributed by atoms with E-state index in [-0.39, 0.29) is 17.9 Å². The van der Waals surface area contributed by atoms with E-state index in [4.69, 9.17) is 30.9 Å². The first kappa shape index (κ1) is 18.4. The molecule has 0 bridgehead atoms. The number of amides is 1. The molecule has 0 heterocycles. The van der Waals surface area contributed by atoms with Crippen molar-refractivity contribution in [1.82, 2.24) is 0 Å². The fourth-order valence-electron chi connectivity index (χ4n) is 2.01. The van der Waals surface area contributed by atoms with Crippen LogP contribution in [0.5, 0.6) is 17.2 Å². The van der Waals surface area contributed by atoms with Gasteiger partial charge in [-0.05, 0) is 30.3 Å². The number of ether oxygens (including phenoxy) is 3. The lowest BCUT2D eigenvalue weighted by Gasteiger charge is -2.11. The fraction of sp³-hybridized carbons (Fsp3) is 0.176. The molecule has 0 fully saturated rings. The molecule has 0 aromatic heterocycles. The molecule has 0 aliphatic carbocycles. The highest BCUT2D eigenvalue weighted by molar-refractivity contribution is 6.32. The normalized spacial score (nSPS) is 10.0. The first-order valence-corrected chi connectivity index (χ1v) is 7.50. The lowest BCUT2D eigenvalue weighted by molar-refractivity contribution is -0.118. The van der Waals surface area contributed by atoms with Crippen LogP contribution in [0.1, 0.15) is 10.4 Å². The number of carboxylic acids is 1. The predicted octanol–water partition coefficient (Wildman–Crippen LogP) is 3.07. The van der Waals surface area contributed by atoms with Gasteiger partial charge in [0, 0.05) is 11.8 Å². The number of hydrogen-bond acceptors (Lipinski definition) is 5. The molecule has 0 spiro atoms. The Morgan fingerprint density at radius 3 is 2.44 bits per heavy atom. The molecular weight excluding hydrogens is 350 g/mol. The van der Waals surface area contributed by atoms with Gasteiger partial charge in [-0.3, -0.25) is 4.79 Å². The van der Waals surface area contributed by atoms with Crippen LogP contribution in [0, 0.1) is 0 Å². The first-order chi connectivity index (χ1) is 11.9. The van der Waals surface area contributed by atoms with Crippen LogP contribution in [0.15, 0.2) is 36.4 Å². The Kier molecular flexibility index (Phi) is 6.08.